The van der Waals surface area contributed by atoms with Gasteiger partial charge in [0.25, 0.3) is 5.91 Å². The van der Waals surface area contributed by atoms with Crippen molar-refractivity contribution in [2.45, 2.75) is 0 Å². The van der Waals surface area contributed by atoms with Crippen molar-refractivity contribution in [2.24, 2.45) is 0 Å². The number of nitrogens with one attached hydrogen (secondary N) is 1. The number of nitrogens with zero attached hydrogens (tertiary/aromatic N) is 1. The van der Waals surface area contributed by atoms with E-state index in [-0.39, 0.29) is 12.5 Å². The lowest BCUT2D eigenvalue weighted by Gasteiger charge is -2.17. The van der Waals surface area contributed by atoms with Gasteiger partial charge in [0.15, 0.2) is 6.61 Å². The maximum Gasteiger partial charge on any atom is 0.262 e. The number of fused-ring (bicyclic) bond motifs is 1. The molecule has 0 bridgehead atoms. The van der Waals surface area contributed by atoms with E-state index >= 15 is 0 Å². The molecule has 1 aromatic heterocycles. The molecule has 0 aliphatic carbocycles. The summed E-state index contributed by atoms with van der Waals surface area (Å²) in [6, 6.07) is 0. The zero-order chi connectivity index (χ0) is 9.42. The molecule has 0 aromatic carbocycles. The number of hydrogen-bond acceptors (Lipinski definition) is 3. The number of amides is 1. The van der Waals surface area contributed by atoms with E-state index < -0.39 is 0 Å². The van der Waals surface area contributed by atoms with E-state index in [0.717, 1.165) is 3.57 Å². The maximum atomic E-state index is 11.0. The van der Waals surface area contributed by atoms with Crippen LogP contribution in [0.4, 0.5) is 5.69 Å². The molecular weight excluding hydrogens is 306 g/mol. The Balaban J connectivity index is 2.54. The van der Waals surface area contributed by atoms with Gasteiger partial charge in [0.2, 0.25) is 5.88 Å². The Kier molecular flexibility index (Phi) is 2.29. The van der Waals surface area contributed by atoms with Crippen LogP contribution >= 0.6 is 34.2 Å². The van der Waals surface area contributed by atoms with Crippen molar-refractivity contribution < 1.29 is 9.53 Å². The summed E-state index contributed by atoms with van der Waals surface area (Å²) in [5.41, 5.74) is 0.463. The predicted molar refractivity (Wildman–Crippen MR) is 56.1 cm³/mol. The Labute approximate surface area is 92.8 Å². The Morgan fingerprint density at radius 2 is 2.46 bits per heavy atom. The molecule has 13 heavy (non-hydrogen) atoms. The second kappa shape index (κ2) is 3.30. The molecular formula is C7H4ClIN2O2. The third kappa shape index (κ3) is 1.58. The molecule has 0 saturated heterocycles. The van der Waals surface area contributed by atoms with Crippen molar-refractivity contribution in [1.29, 1.82) is 0 Å². The normalized spacial score (nSPS) is 14.5. The van der Waals surface area contributed by atoms with Gasteiger partial charge >= 0.3 is 0 Å². The molecule has 1 aliphatic rings. The molecule has 0 radical (unpaired) electrons. The minimum Gasteiger partial charge on any atom is -0.466 e. The van der Waals surface area contributed by atoms with Gasteiger partial charge in [-0.3, -0.25) is 4.79 Å². The van der Waals surface area contributed by atoms with Gasteiger partial charge in [-0.15, -0.1) is 0 Å². The van der Waals surface area contributed by atoms with Gasteiger partial charge in [-0.05, 0) is 22.6 Å². The molecule has 1 aliphatic heterocycles. The zero-order valence-corrected chi connectivity index (χ0v) is 9.22. The van der Waals surface area contributed by atoms with Crippen molar-refractivity contribution in [3.8, 4) is 5.88 Å². The Bertz CT molecular complexity index is 383. The second-order valence-electron chi connectivity index (χ2n) is 2.44. The minimum absolute atomic E-state index is 0.00305. The van der Waals surface area contributed by atoms with Gasteiger partial charge in [0.1, 0.15) is 5.69 Å². The summed E-state index contributed by atoms with van der Waals surface area (Å²) in [6.07, 6.45) is 1.60. The molecule has 68 valence electrons. The Morgan fingerprint density at radius 3 is 3.23 bits per heavy atom. The van der Waals surface area contributed by atoms with Crippen molar-refractivity contribution >= 4 is 45.8 Å². The fourth-order valence-corrected chi connectivity index (χ4v) is 1.56. The summed E-state index contributed by atoms with van der Waals surface area (Å²) in [6.45, 7) is -0.00305. The van der Waals surface area contributed by atoms with Crippen molar-refractivity contribution in [3.05, 3.63) is 14.8 Å². The molecule has 0 atom stereocenters. The maximum absolute atomic E-state index is 11.0. The number of hydrogen-bond donors (Lipinski definition) is 1. The Morgan fingerprint density at radius 1 is 1.69 bits per heavy atom. The van der Waals surface area contributed by atoms with Crippen LogP contribution in [-0.2, 0) is 4.79 Å². The first-order valence-electron chi connectivity index (χ1n) is 3.45. The molecule has 2 heterocycles. The number of rotatable bonds is 0. The summed E-state index contributed by atoms with van der Waals surface area (Å²) < 4.78 is 5.84. The smallest absolute Gasteiger partial charge is 0.262 e. The highest BCUT2D eigenvalue weighted by atomic mass is 127. The standard InChI is InChI=1S/C7H4ClIN2O2/c8-5-3(9)1-10-7-6(5)11-4(12)2-13-7/h1H,2H2,(H,11,12). The van der Waals surface area contributed by atoms with Crippen LogP contribution in [0.3, 0.4) is 0 Å². The average molecular weight is 310 g/mol. The van der Waals surface area contributed by atoms with Gasteiger partial charge in [0.05, 0.1) is 8.59 Å². The number of carbonyl (C=O) groups is 1. The van der Waals surface area contributed by atoms with E-state index in [4.69, 9.17) is 16.3 Å². The third-order valence-electron chi connectivity index (χ3n) is 1.54. The van der Waals surface area contributed by atoms with Crippen LogP contribution < -0.4 is 10.1 Å². The van der Waals surface area contributed by atoms with Crippen molar-refractivity contribution in [1.82, 2.24) is 4.98 Å². The third-order valence-corrected chi connectivity index (χ3v) is 3.07. The summed E-state index contributed by atoms with van der Waals surface area (Å²) in [5.74, 6) is 0.170. The van der Waals surface area contributed by atoms with Crippen LogP contribution in [0.1, 0.15) is 0 Å². The second-order valence-corrected chi connectivity index (χ2v) is 3.98. The molecule has 0 fully saturated rings. The highest BCUT2D eigenvalue weighted by Gasteiger charge is 2.21. The summed E-state index contributed by atoms with van der Waals surface area (Å²) >= 11 is 7.97. The van der Waals surface area contributed by atoms with Gasteiger partial charge in [-0.2, -0.15) is 0 Å². The van der Waals surface area contributed by atoms with Crippen LogP contribution in [0, 0.1) is 3.57 Å². The fourth-order valence-electron chi connectivity index (χ4n) is 0.977. The lowest BCUT2D eigenvalue weighted by molar-refractivity contribution is -0.118. The minimum atomic E-state index is -0.210. The first kappa shape index (κ1) is 9.01. The van der Waals surface area contributed by atoms with Gasteiger partial charge in [0, 0.05) is 6.20 Å². The molecule has 0 spiro atoms. The van der Waals surface area contributed by atoms with Crippen LogP contribution in [0.5, 0.6) is 5.88 Å². The van der Waals surface area contributed by atoms with Crippen LogP contribution in [0.2, 0.25) is 5.02 Å². The molecule has 1 aromatic rings. The van der Waals surface area contributed by atoms with Crippen molar-refractivity contribution in [2.75, 3.05) is 11.9 Å². The van der Waals surface area contributed by atoms with E-state index in [2.05, 4.69) is 10.3 Å². The highest BCUT2D eigenvalue weighted by Crippen LogP contribution is 2.35. The predicted octanol–water partition coefficient (Wildman–Crippen LogP) is 1.67. The first-order valence-corrected chi connectivity index (χ1v) is 4.91. The first-order chi connectivity index (χ1) is 6.18. The lowest BCUT2D eigenvalue weighted by Crippen LogP contribution is -2.26. The lowest BCUT2D eigenvalue weighted by atomic mass is 10.3. The zero-order valence-electron chi connectivity index (χ0n) is 6.30. The summed E-state index contributed by atoms with van der Waals surface area (Å²) in [7, 11) is 0. The fraction of sp³-hybridized carbons (Fsp3) is 0.143. The quantitative estimate of drug-likeness (QED) is 0.742. The van der Waals surface area contributed by atoms with Gasteiger partial charge < -0.3 is 10.1 Å². The largest absolute Gasteiger partial charge is 0.466 e. The topological polar surface area (TPSA) is 51.2 Å². The number of carbonyl (C=O) groups excluding carboxylic acids is 1. The summed E-state index contributed by atoms with van der Waals surface area (Å²) in [4.78, 5) is 14.9. The van der Waals surface area contributed by atoms with E-state index in [9.17, 15) is 4.79 Å². The van der Waals surface area contributed by atoms with Gasteiger partial charge in [-0.1, -0.05) is 11.6 Å². The van der Waals surface area contributed by atoms with Gasteiger partial charge in [-0.25, -0.2) is 4.98 Å². The number of halogens is 2. The number of anilines is 1. The molecule has 0 unspecified atom stereocenters. The molecule has 0 saturated carbocycles. The number of aromatic nitrogens is 1. The summed E-state index contributed by atoms with van der Waals surface area (Å²) in [5, 5.41) is 3.08. The molecule has 1 N–H and O–H groups in total. The number of pyridine rings is 1. The van der Waals surface area contributed by atoms with Crippen molar-refractivity contribution in [3.63, 3.8) is 0 Å². The number of ether oxygens (including phenoxy) is 1. The Hall–Kier alpha value is -0.560. The molecule has 6 heteroatoms. The van der Waals surface area contributed by atoms with E-state index in [1.165, 1.54) is 0 Å². The highest BCUT2D eigenvalue weighted by molar-refractivity contribution is 14.1. The van der Waals surface area contributed by atoms with Crippen LogP contribution in [0.15, 0.2) is 6.20 Å². The molecule has 1 amide bonds. The van der Waals surface area contributed by atoms with E-state index in [1.54, 1.807) is 6.20 Å². The van der Waals surface area contributed by atoms with Crippen LogP contribution in [-0.4, -0.2) is 17.5 Å². The van der Waals surface area contributed by atoms with E-state index in [1.807, 2.05) is 22.6 Å². The van der Waals surface area contributed by atoms with Crippen LogP contribution in [0.25, 0.3) is 0 Å². The molecule has 2 rings (SSSR count). The monoisotopic (exact) mass is 310 g/mol. The SMILES string of the molecule is O=C1COc2ncc(I)c(Cl)c2N1. The van der Waals surface area contributed by atoms with E-state index in [0.29, 0.717) is 16.6 Å². The average Bonchev–Trinajstić information content (AvgIpc) is 2.12. The molecule has 4 nitrogen and oxygen atoms in total.